The average molecular weight is 587 g/mol. The van der Waals surface area contributed by atoms with Gasteiger partial charge in [0.25, 0.3) is 11.5 Å². The molecule has 4 rings (SSSR count). The average Bonchev–Trinajstić information content (AvgIpc) is 2.84. The summed E-state index contributed by atoms with van der Waals surface area (Å²) in [5.41, 5.74) is -1.08. The fourth-order valence-corrected chi connectivity index (χ4v) is 4.89. The van der Waals surface area contributed by atoms with Gasteiger partial charge < -0.3 is 14.6 Å². The molecule has 1 N–H and O–H groups in total. The lowest BCUT2D eigenvalue weighted by molar-refractivity contribution is -0.137. The van der Waals surface area contributed by atoms with Crippen molar-refractivity contribution in [3.63, 3.8) is 0 Å². The highest BCUT2D eigenvalue weighted by Gasteiger charge is 2.36. The quantitative estimate of drug-likeness (QED) is 0.325. The van der Waals surface area contributed by atoms with Crippen LogP contribution >= 0.6 is 35.4 Å². The van der Waals surface area contributed by atoms with Crippen molar-refractivity contribution in [2.45, 2.75) is 39.0 Å². The Hall–Kier alpha value is -3.22. The molecule has 2 aromatic heterocycles. The fourth-order valence-electron chi connectivity index (χ4n) is 4.12. The molecule has 14 heteroatoms. The summed E-state index contributed by atoms with van der Waals surface area (Å²) in [4.78, 5) is 47.0. The number of alkyl halides is 3. The third-order valence-electron chi connectivity index (χ3n) is 5.97. The number of ether oxygens (including phenoxy) is 1. The number of pyridine rings is 1. The molecule has 8 nitrogen and oxygen atoms in total. The summed E-state index contributed by atoms with van der Waals surface area (Å²) in [6.45, 7) is 3.39. The van der Waals surface area contributed by atoms with Crippen LogP contribution in [0.2, 0.25) is 10.0 Å². The molecule has 0 unspecified atom stereocenters. The monoisotopic (exact) mass is 586 g/mol. The number of hydrogen-bond acceptors (Lipinski definition) is 6. The number of amides is 1. The molecule has 0 fully saturated rings. The van der Waals surface area contributed by atoms with Crippen LogP contribution in [0.1, 0.15) is 51.4 Å². The smallest absolute Gasteiger partial charge is 0.417 e. The lowest BCUT2D eigenvalue weighted by Gasteiger charge is -2.34. The van der Waals surface area contributed by atoms with Crippen molar-refractivity contribution in [3.05, 3.63) is 83.6 Å². The van der Waals surface area contributed by atoms with E-state index in [-0.39, 0.29) is 46.3 Å². The molecule has 0 bridgehead atoms. The molecule has 1 aliphatic rings. The molecule has 0 saturated carbocycles. The minimum Gasteiger partial charge on any atom is -0.462 e. The number of aromatic amines is 1. The number of fused-ring (bicyclic) bond motifs is 1. The van der Waals surface area contributed by atoms with E-state index in [2.05, 4.69) is 9.97 Å². The minimum atomic E-state index is -4.73. The van der Waals surface area contributed by atoms with Gasteiger partial charge in [-0.15, -0.1) is 0 Å². The molecule has 3 heterocycles. The SMILES string of the molecule is CCOC(=O)c1cnc(-n2c(=S)[nH]c3c(c2=O)C[C@@H](C)N(C(=O)c2ccc(Cl)c(C(F)(F)F)c2)C3)c(Cl)c1. The Bertz CT molecular complexity index is 1570. The van der Waals surface area contributed by atoms with Crippen LogP contribution in [-0.2, 0) is 23.9 Å². The number of H-pyrrole nitrogens is 1. The van der Waals surface area contributed by atoms with Crippen molar-refractivity contribution >= 4 is 47.3 Å². The number of benzene rings is 1. The zero-order valence-electron chi connectivity index (χ0n) is 19.9. The molecule has 1 amide bonds. The Morgan fingerprint density at radius 1 is 1.21 bits per heavy atom. The number of hydrogen-bond donors (Lipinski definition) is 1. The second-order valence-corrected chi connectivity index (χ2v) is 9.66. The summed E-state index contributed by atoms with van der Waals surface area (Å²) in [6, 6.07) is 3.72. The van der Waals surface area contributed by atoms with E-state index in [9.17, 15) is 27.6 Å². The lowest BCUT2D eigenvalue weighted by Crippen LogP contribution is -2.46. The number of nitrogens with one attached hydrogen (secondary N) is 1. The molecule has 1 atom stereocenters. The molecule has 3 aromatic rings. The zero-order chi connectivity index (χ0) is 27.9. The first-order valence-electron chi connectivity index (χ1n) is 11.2. The van der Waals surface area contributed by atoms with E-state index in [0.717, 1.165) is 10.6 Å². The number of rotatable bonds is 4. The second-order valence-electron chi connectivity index (χ2n) is 8.46. The third-order valence-corrected chi connectivity index (χ3v) is 6.86. The molecular weight excluding hydrogens is 568 g/mol. The van der Waals surface area contributed by atoms with Crippen LogP contribution in [0.5, 0.6) is 0 Å². The van der Waals surface area contributed by atoms with E-state index < -0.39 is 40.2 Å². The van der Waals surface area contributed by atoms with Gasteiger partial charge in [0.2, 0.25) is 0 Å². The second kappa shape index (κ2) is 10.5. The summed E-state index contributed by atoms with van der Waals surface area (Å²) in [5.74, 6) is -1.29. The van der Waals surface area contributed by atoms with Crippen LogP contribution in [-0.4, -0.2) is 44.0 Å². The molecule has 0 spiro atoms. The van der Waals surface area contributed by atoms with Gasteiger partial charge in [-0.2, -0.15) is 13.2 Å². The predicted octanol–water partition coefficient (Wildman–Crippen LogP) is 5.38. The van der Waals surface area contributed by atoms with E-state index >= 15 is 0 Å². The Morgan fingerprint density at radius 2 is 1.92 bits per heavy atom. The Morgan fingerprint density at radius 3 is 2.55 bits per heavy atom. The summed E-state index contributed by atoms with van der Waals surface area (Å²) in [6.07, 6.45) is -3.43. The largest absolute Gasteiger partial charge is 0.462 e. The van der Waals surface area contributed by atoms with E-state index in [0.29, 0.717) is 17.3 Å². The standard InChI is InChI=1S/C24H19Cl2F3N4O4S/c1-3-37-22(36)13-8-17(26)19(30-9-13)33-21(35)14-6-11(2)32(10-18(14)31-23(33)38)20(34)12-4-5-16(25)15(7-12)24(27,28)29/h4-5,7-9,11H,3,6,10H2,1-2H3,(H,31,38)/t11-/m1/s1. The van der Waals surface area contributed by atoms with Crippen LogP contribution in [0.25, 0.3) is 5.82 Å². The fraction of sp³-hybridized carbons (Fsp3) is 0.292. The van der Waals surface area contributed by atoms with Gasteiger partial charge in [0.1, 0.15) is 0 Å². The van der Waals surface area contributed by atoms with Crippen molar-refractivity contribution in [1.29, 1.82) is 0 Å². The van der Waals surface area contributed by atoms with E-state index in [1.165, 1.54) is 23.2 Å². The molecular formula is C24H19Cl2F3N4O4S. The summed E-state index contributed by atoms with van der Waals surface area (Å²) < 4.78 is 45.8. The molecule has 0 aliphatic carbocycles. The first kappa shape index (κ1) is 27.8. The molecule has 38 heavy (non-hydrogen) atoms. The first-order valence-corrected chi connectivity index (χ1v) is 12.4. The minimum absolute atomic E-state index is 0.000712. The van der Waals surface area contributed by atoms with Gasteiger partial charge in [-0.3, -0.25) is 9.59 Å². The molecule has 1 aromatic carbocycles. The van der Waals surface area contributed by atoms with E-state index in [4.69, 9.17) is 40.2 Å². The number of nitrogens with zero attached hydrogens (tertiary/aromatic N) is 3. The molecule has 200 valence electrons. The van der Waals surface area contributed by atoms with Gasteiger partial charge in [-0.05, 0) is 56.8 Å². The van der Waals surface area contributed by atoms with Gasteiger partial charge in [0, 0.05) is 29.1 Å². The van der Waals surface area contributed by atoms with Crippen molar-refractivity contribution in [2.75, 3.05) is 6.61 Å². The van der Waals surface area contributed by atoms with Crippen LogP contribution in [0, 0.1) is 4.77 Å². The first-order chi connectivity index (χ1) is 17.8. The maximum absolute atomic E-state index is 13.4. The van der Waals surface area contributed by atoms with Crippen molar-refractivity contribution in [1.82, 2.24) is 19.4 Å². The van der Waals surface area contributed by atoms with Crippen molar-refractivity contribution < 1.29 is 27.5 Å². The van der Waals surface area contributed by atoms with Crippen LogP contribution in [0.3, 0.4) is 0 Å². The van der Waals surface area contributed by atoms with Crippen LogP contribution in [0.4, 0.5) is 13.2 Å². The van der Waals surface area contributed by atoms with E-state index in [1.807, 2.05) is 0 Å². The van der Waals surface area contributed by atoms with Crippen molar-refractivity contribution in [3.8, 4) is 5.82 Å². The Labute approximate surface area is 229 Å². The van der Waals surface area contributed by atoms with Crippen molar-refractivity contribution in [2.24, 2.45) is 0 Å². The topological polar surface area (TPSA) is 97.3 Å². The molecule has 1 aliphatic heterocycles. The number of halogens is 5. The number of carbonyl (C=O) groups excluding carboxylic acids is 2. The molecule has 0 saturated heterocycles. The number of carbonyl (C=O) groups is 2. The van der Waals surface area contributed by atoms with E-state index in [1.54, 1.807) is 13.8 Å². The van der Waals surface area contributed by atoms with Gasteiger partial charge >= 0.3 is 12.1 Å². The zero-order valence-corrected chi connectivity index (χ0v) is 22.2. The van der Waals surface area contributed by atoms with Gasteiger partial charge in [-0.1, -0.05) is 23.2 Å². The molecule has 0 radical (unpaired) electrons. The normalized spacial score (nSPS) is 15.2. The Balaban J connectivity index is 1.70. The maximum atomic E-state index is 13.4. The van der Waals surface area contributed by atoms with Crippen LogP contribution in [0.15, 0.2) is 35.3 Å². The van der Waals surface area contributed by atoms with Gasteiger partial charge in [0.15, 0.2) is 10.6 Å². The third kappa shape index (κ3) is 5.20. The predicted molar refractivity (Wildman–Crippen MR) is 135 cm³/mol. The van der Waals surface area contributed by atoms with Crippen LogP contribution < -0.4 is 5.56 Å². The highest BCUT2D eigenvalue weighted by Crippen LogP contribution is 2.35. The summed E-state index contributed by atoms with van der Waals surface area (Å²) in [7, 11) is 0. The maximum Gasteiger partial charge on any atom is 0.417 e. The summed E-state index contributed by atoms with van der Waals surface area (Å²) in [5, 5.41) is -0.528. The number of esters is 1. The summed E-state index contributed by atoms with van der Waals surface area (Å²) >= 11 is 17.4. The highest BCUT2D eigenvalue weighted by molar-refractivity contribution is 7.71. The Kier molecular flexibility index (Phi) is 7.69. The highest BCUT2D eigenvalue weighted by atomic mass is 35.5. The van der Waals surface area contributed by atoms with Gasteiger partial charge in [-0.25, -0.2) is 14.3 Å². The number of aromatic nitrogens is 3. The lowest BCUT2D eigenvalue weighted by atomic mass is 9.98. The van der Waals surface area contributed by atoms with Gasteiger partial charge in [0.05, 0.1) is 34.3 Å².